The monoisotopic (exact) mass is 1700 g/mol. The number of phenols is 3. The Morgan fingerprint density at radius 3 is 1.88 bits per heavy atom. The number of carbonyl (C=O) groups excluding carboxylic acids is 8. The summed E-state index contributed by atoms with van der Waals surface area (Å²) in [6, 6.07) is 16.0. The molecule has 23 N–H and O–H groups in total. The van der Waals surface area contributed by atoms with Gasteiger partial charge in [0.1, 0.15) is 95.5 Å². The van der Waals surface area contributed by atoms with Crippen molar-refractivity contribution in [2.45, 2.75) is 163 Å². The molecule has 0 radical (unpaired) electrons. The van der Waals surface area contributed by atoms with E-state index in [2.05, 4.69) is 47.9 Å². The van der Waals surface area contributed by atoms with Crippen LogP contribution in [-0.2, 0) is 59.1 Å². The zero-order chi connectivity index (χ0) is 85.7. The third kappa shape index (κ3) is 19.9. The fraction of sp³-hybridized carbons (Fsp3) is 0.370. The summed E-state index contributed by atoms with van der Waals surface area (Å²) in [5.74, 6) is -15.3. The largest absolute Gasteiger partial charge is 0.508 e. The maximum Gasteiger partial charge on any atom is 0.248 e. The summed E-state index contributed by atoms with van der Waals surface area (Å²) in [6.45, 7) is 5.74. The lowest BCUT2D eigenvalue weighted by Crippen LogP contribution is -2.65. The highest BCUT2D eigenvalue weighted by Crippen LogP contribution is 2.50. The number of carbonyl (C=O) groups is 8. The van der Waals surface area contributed by atoms with Gasteiger partial charge < -0.3 is 134 Å². The van der Waals surface area contributed by atoms with Crippen molar-refractivity contribution in [2.75, 3.05) is 19.7 Å². The molecule has 11 bridgehead atoms. The Labute approximate surface area is 694 Å². The van der Waals surface area contributed by atoms with Gasteiger partial charge in [0.15, 0.2) is 29.9 Å². The van der Waals surface area contributed by atoms with Gasteiger partial charge in [0.2, 0.25) is 59.3 Å². The van der Waals surface area contributed by atoms with Crippen molar-refractivity contribution < 1.29 is 113 Å². The fourth-order valence-corrected chi connectivity index (χ4v) is 15.1. The second-order valence-electron chi connectivity index (χ2n) is 30.0. The molecular formula is C81H89Cl3N12O23. The predicted molar refractivity (Wildman–Crippen MR) is 426 cm³/mol. The van der Waals surface area contributed by atoms with E-state index in [-0.39, 0.29) is 65.9 Å². The number of hydrogen-bond donors (Lipinski definition) is 21. The van der Waals surface area contributed by atoms with Crippen LogP contribution in [-0.4, -0.2) is 192 Å². The van der Waals surface area contributed by atoms with Crippen LogP contribution in [0, 0.1) is 11.3 Å². The van der Waals surface area contributed by atoms with Gasteiger partial charge in [0.05, 0.1) is 35.3 Å². The number of aliphatic hydroxyl groups excluding tert-OH is 6. The van der Waals surface area contributed by atoms with Crippen LogP contribution >= 0.6 is 34.8 Å². The normalized spacial score (nSPS) is 26.4. The van der Waals surface area contributed by atoms with Crippen molar-refractivity contribution in [1.82, 2.24) is 47.9 Å². The number of fused-ring (bicyclic) bond motifs is 15. The first kappa shape index (κ1) is 87.2. The summed E-state index contributed by atoms with van der Waals surface area (Å²) in [5, 5.41) is 137. The van der Waals surface area contributed by atoms with Crippen LogP contribution in [0.25, 0.3) is 22.3 Å². The average molecular weight is 1710 g/mol. The van der Waals surface area contributed by atoms with Crippen LogP contribution in [0.1, 0.15) is 117 Å². The van der Waals surface area contributed by atoms with Crippen LogP contribution in [0.2, 0.25) is 15.1 Å². The number of aromatic hydroxyl groups is 3. The number of hydrogen-bond acceptors (Lipinski definition) is 25. The predicted octanol–water partition coefficient (Wildman–Crippen LogP) is 3.57. The lowest BCUT2D eigenvalue weighted by Gasteiger charge is -2.48. The van der Waals surface area contributed by atoms with E-state index in [9.17, 15) is 65.1 Å². The average Bonchev–Trinajstić information content (AvgIpc) is 0.764. The first-order valence-corrected chi connectivity index (χ1v) is 38.9. The molecule has 0 saturated carbocycles. The fourth-order valence-electron chi connectivity index (χ4n) is 14.5. The maximum absolute atomic E-state index is 16.3. The topological polar surface area (TPSA) is 558 Å². The van der Waals surface area contributed by atoms with E-state index in [0.29, 0.717) is 11.4 Å². The van der Waals surface area contributed by atoms with Gasteiger partial charge in [-0.1, -0.05) is 103 Å². The second-order valence-corrected chi connectivity index (χ2v) is 31.2. The zero-order valence-corrected chi connectivity index (χ0v) is 66.4. The van der Waals surface area contributed by atoms with Gasteiger partial charge in [-0.25, -0.2) is 0 Å². The molecule has 0 aromatic heterocycles. The first-order chi connectivity index (χ1) is 56.5. The van der Waals surface area contributed by atoms with Gasteiger partial charge in [-0.05, 0) is 137 Å². The van der Waals surface area contributed by atoms with Crippen LogP contribution in [0.15, 0.2) is 127 Å². The molecule has 7 aliphatic heterocycles. The van der Waals surface area contributed by atoms with Crippen molar-refractivity contribution in [3.8, 4) is 68.2 Å². The minimum Gasteiger partial charge on any atom is -0.508 e. The maximum atomic E-state index is 16.3. The second kappa shape index (κ2) is 37.0. The Morgan fingerprint density at radius 2 is 1.26 bits per heavy atom. The van der Waals surface area contributed by atoms with Crippen LogP contribution < -0.4 is 73.5 Å². The lowest BCUT2D eigenvalue weighted by atomic mass is 9.84. The summed E-state index contributed by atoms with van der Waals surface area (Å²) in [6.07, 6.45) is -18.7. The molecule has 14 rings (SSSR count). The highest BCUT2D eigenvalue weighted by molar-refractivity contribution is 6.32. The Hall–Kier alpha value is -11.2. The molecule has 7 aliphatic rings. The quantitative estimate of drug-likeness (QED) is 0.0312. The van der Waals surface area contributed by atoms with Gasteiger partial charge in [-0.3, -0.25) is 43.8 Å². The van der Waals surface area contributed by atoms with Crippen molar-refractivity contribution in [3.63, 3.8) is 0 Å². The number of rotatable bonds is 19. The molecule has 2 saturated heterocycles. The molecule has 0 aliphatic carbocycles. The SMILES string of the molecule is CC(C)CCC(=O)N[C@H]1C(=O)N[C@@H](CC(N)=O)C(=O)N[C@H]2C(=O)N[C@H]3C(=O)N[C@H](C(=O)N[C@H](C(=O)NCCNC(=N)N)c4cc(O)cc(O)c4-c4cc3ccc4O)[C@H](O)c3ccc(c(Cl)c3)Oc3cc2cc(c3O[C@H]2OC(CO)C(O)C(O)[C@H]2O[C@H]2CC(C)(NCc3ccc(-c4ccc(Cl)cc4)cc3)C(O)[C@H](C)O2)Oc2ccc(cc2Cl)[C@H]1O. The molecule has 7 aromatic rings. The van der Waals surface area contributed by atoms with Crippen molar-refractivity contribution in [2.24, 2.45) is 17.4 Å². The van der Waals surface area contributed by atoms with E-state index in [0.717, 1.165) is 77.4 Å². The number of halogens is 3. The Morgan fingerprint density at radius 1 is 0.655 bits per heavy atom. The lowest BCUT2D eigenvalue weighted by molar-refractivity contribution is -0.334. The number of guanidine groups is 1. The number of primary amides is 1. The van der Waals surface area contributed by atoms with E-state index in [4.69, 9.17) is 80.1 Å². The first-order valence-electron chi connectivity index (χ1n) is 37.8. The molecule has 35 nitrogen and oxygen atoms in total. The summed E-state index contributed by atoms with van der Waals surface area (Å²) in [7, 11) is 0. The number of ether oxygens (including phenoxy) is 6. The molecule has 7 heterocycles. The Bertz CT molecular complexity index is 5040. The van der Waals surface area contributed by atoms with Gasteiger partial charge in [-0.2, -0.15) is 0 Å². The number of phenolic OH excluding ortho intramolecular Hbond substituents is 3. The van der Waals surface area contributed by atoms with Gasteiger partial charge in [0, 0.05) is 60.2 Å². The zero-order valence-electron chi connectivity index (χ0n) is 64.1. The number of nitrogens with one attached hydrogen (secondary N) is 10. The summed E-state index contributed by atoms with van der Waals surface area (Å²) < 4.78 is 39.6. The number of amides is 8. The molecule has 8 amide bonds. The molecule has 7 aromatic carbocycles. The van der Waals surface area contributed by atoms with E-state index in [1.807, 2.05) is 50.2 Å². The third-order valence-electron chi connectivity index (χ3n) is 20.9. The van der Waals surface area contributed by atoms with Gasteiger partial charge in [-0.15, -0.1) is 0 Å². The molecule has 38 heteroatoms. The number of nitrogens with two attached hydrogens (primary N) is 2. The van der Waals surface area contributed by atoms with E-state index in [1.165, 1.54) is 18.2 Å². The molecule has 632 valence electrons. The van der Waals surface area contributed by atoms with Gasteiger partial charge in [0.25, 0.3) is 0 Å². The van der Waals surface area contributed by atoms with E-state index >= 15 is 19.2 Å². The highest BCUT2D eigenvalue weighted by Gasteiger charge is 2.52. The molecule has 119 heavy (non-hydrogen) atoms. The van der Waals surface area contributed by atoms with Crippen LogP contribution in [0.3, 0.4) is 0 Å². The number of aliphatic hydroxyl groups is 6. The van der Waals surface area contributed by atoms with Crippen molar-refractivity contribution in [1.29, 1.82) is 5.41 Å². The van der Waals surface area contributed by atoms with Crippen LogP contribution in [0.5, 0.6) is 46.0 Å². The van der Waals surface area contributed by atoms with E-state index in [1.54, 1.807) is 26.0 Å². The summed E-state index contributed by atoms with van der Waals surface area (Å²) >= 11 is 20.5. The Kier molecular flexibility index (Phi) is 27.1. The summed E-state index contributed by atoms with van der Waals surface area (Å²) in [5.41, 5.74) is 10.1. The Balaban J connectivity index is 1.03. The van der Waals surface area contributed by atoms with E-state index < -0.39 is 237 Å². The minimum atomic E-state index is -2.36. The molecule has 5 unspecified atom stereocenters. The smallest absolute Gasteiger partial charge is 0.248 e. The third-order valence-corrected chi connectivity index (χ3v) is 21.8. The molecule has 17 atom stereocenters. The molecule has 2 fully saturated rings. The molecule has 0 spiro atoms. The standard InChI is InChI=1S/C81H89Cl3N12O23/c1-34(2)5-20-58(102)92-64-66(103)40-13-18-52(47(83)24-40)115-54-26-42-27-55(70(54)119-79-71(69(106)68(105)56(33-97)117-79)118-59-31-81(4,72(107)35(3)114-59)90-32-36-6-8-37(9-7-36)38-10-15-43(82)16-11-38)116-53-19-14-41(25-48(53)84)67(104)65-78(113)95-63(74(109)88-21-22-89-80(86)87)46-28-44(98)29-51(100)60(46)45-23-39(12-17-50(45)99)61(75(110)96-65)94-76(111)62(42)93-73(108)49(30-57(85)101)91-77(64)112/h6-19,23-29,34-35,49,56,59,61-69,71-72,79,90,97-100,103-107H,5,20-22,30-33H2,1-4H3,(H2,85,101)(H,88,109)(H,91,112)(H,92,102)(H,93,108)(H,94,111)(H,95,113)(H,96,110)(H4,86,87,89)/t35-,49-,56?,59-,61+,62+,63-,64+,65-,66+,67+,68?,69?,71+,72?,79+,81?/m0/s1. The van der Waals surface area contributed by atoms with Crippen molar-refractivity contribution in [3.05, 3.63) is 176 Å². The number of benzene rings is 7. The van der Waals surface area contributed by atoms with Crippen LogP contribution in [0.4, 0.5) is 0 Å². The van der Waals surface area contributed by atoms with Crippen molar-refractivity contribution >= 4 is 88.0 Å². The molecular weight excluding hydrogens is 1620 g/mol. The summed E-state index contributed by atoms with van der Waals surface area (Å²) in [4.78, 5) is 119. The highest BCUT2D eigenvalue weighted by atomic mass is 35.5. The minimum absolute atomic E-state index is 0.0296. The van der Waals surface area contributed by atoms with Gasteiger partial charge >= 0.3 is 0 Å².